The maximum Gasteiger partial charge on any atom is 0.220 e. The Labute approximate surface area is 139 Å². The first-order valence-electron chi connectivity index (χ1n) is 7.99. The van der Waals surface area contributed by atoms with E-state index >= 15 is 0 Å². The zero-order valence-corrected chi connectivity index (χ0v) is 14.4. The Bertz CT molecular complexity index is 626. The molecule has 0 spiro atoms. The molecule has 3 rings (SSSR count). The smallest absolute Gasteiger partial charge is 0.220 e. The number of anilines is 1. The van der Waals surface area contributed by atoms with Gasteiger partial charge in [-0.3, -0.25) is 4.79 Å². The van der Waals surface area contributed by atoms with E-state index in [2.05, 4.69) is 20.4 Å². The summed E-state index contributed by atoms with van der Waals surface area (Å²) in [7, 11) is 0. The van der Waals surface area contributed by atoms with Crippen molar-refractivity contribution in [2.45, 2.75) is 45.6 Å². The predicted molar refractivity (Wildman–Crippen MR) is 89.8 cm³/mol. The number of nitrogens with zero attached hydrogens (tertiary/aromatic N) is 3. The number of piperidine rings is 1. The highest BCUT2D eigenvalue weighted by Crippen LogP contribution is 2.22. The van der Waals surface area contributed by atoms with E-state index in [1.54, 1.807) is 11.3 Å². The predicted octanol–water partition coefficient (Wildman–Crippen LogP) is 2.47. The number of amides is 1. The Balaban J connectivity index is 1.43. The lowest BCUT2D eigenvalue weighted by Gasteiger charge is -2.32. The summed E-state index contributed by atoms with van der Waals surface area (Å²) in [6.07, 6.45) is 4.94. The number of aryl methyl sites for hydroxylation is 2. The van der Waals surface area contributed by atoms with Crippen molar-refractivity contribution in [3.05, 3.63) is 28.6 Å². The summed E-state index contributed by atoms with van der Waals surface area (Å²) in [6, 6.07) is 0.267. The van der Waals surface area contributed by atoms with Crippen molar-refractivity contribution < 1.29 is 9.32 Å². The van der Waals surface area contributed by atoms with Crippen LogP contribution in [-0.2, 0) is 11.2 Å². The summed E-state index contributed by atoms with van der Waals surface area (Å²) in [4.78, 5) is 18.8. The summed E-state index contributed by atoms with van der Waals surface area (Å²) in [5.41, 5.74) is 1.94. The van der Waals surface area contributed by atoms with Crippen molar-refractivity contribution in [3.63, 3.8) is 0 Å². The molecule has 124 valence electrons. The van der Waals surface area contributed by atoms with Crippen LogP contribution >= 0.6 is 11.3 Å². The third kappa shape index (κ3) is 3.90. The Kier molecular flexibility index (Phi) is 4.95. The number of thiazole rings is 1. The lowest BCUT2D eigenvalue weighted by atomic mass is 10.0. The Hall–Kier alpha value is -1.89. The number of carbonyl (C=O) groups is 1. The van der Waals surface area contributed by atoms with E-state index < -0.39 is 0 Å². The molecule has 1 N–H and O–H groups in total. The molecule has 23 heavy (non-hydrogen) atoms. The lowest BCUT2D eigenvalue weighted by molar-refractivity contribution is -0.121. The lowest BCUT2D eigenvalue weighted by Crippen LogP contribution is -2.44. The number of rotatable bonds is 5. The fourth-order valence-corrected chi connectivity index (χ4v) is 3.68. The van der Waals surface area contributed by atoms with E-state index in [0.717, 1.165) is 48.1 Å². The normalized spacial score (nSPS) is 15.8. The molecule has 6 nitrogen and oxygen atoms in total. The van der Waals surface area contributed by atoms with Crippen LogP contribution in [0, 0.1) is 13.8 Å². The van der Waals surface area contributed by atoms with Crippen LogP contribution < -0.4 is 10.2 Å². The molecule has 0 aliphatic carbocycles. The van der Waals surface area contributed by atoms with Gasteiger partial charge in [0.25, 0.3) is 0 Å². The van der Waals surface area contributed by atoms with Crippen molar-refractivity contribution in [1.82, 2.24) is 15.5 Å². The average molecular weight is 334 g/mol. The first-order chi connectivity index (χ1) is 11.1. The van der Waals surface area contributed by atoms with Crippen LogP contribution in [0.1, 0.15) is 36.3 Å². The van der Waals surface area contributed by atoms with Gasteiger partial charge in [-0.2, -0.15) is 0 Å². The minimum atomic E-state index is 0.109. The molecule has 0 saturated carbocycles. The minimum absolute atomic E-state index is 0.109. The molecule has 3 heterocycles. The standard InChI is InChI=1S/C16H22N4O2S/c1-11-14(12(2)22-19-11)3-4-15(21)18-13-5-8-20(9-6-13)16-17-7-10-23-16/h7,10,13H,3-6,8-9H2,1-2H3,(H,18,21). The van der Waals surface area contributed by atoms with Gasteiger partial charge in [0.15, 0.2) is 5.13 Å². The molecule has 1 amide bonds. The summed E-state index contributed by atoms with van der Waals surface area (Å²) in [5, 5.41) is 10.2. The Morgan fingerprint density at radius 3 is 2.83 bits per heavy atom. The van der Waals surface area contributed by atoms with Crippen LogP contribution in [0.5, 0.6) is 0 Å². The summed E-state index contributed by atoms with van der Waals surface area (Å²) in [6.45, 7) is 5.70. The van der Waals surface area contributed by atoms with Gasteiger partial charge in [-0.25, -0.2) is 4.98 Å². The van der Waals surface area contributed by atoms with Crippen LogP contribution in [0.25, 0.3) is 0 Å². The van der Waals surface area contributed by atoms with Gasteiger partial charge >= 0.3 is 0 Å². The van der Waals surface area contributed by atoms with Gasteiger partial charge in [-0.1, -0.05) is 5.16 Å². The molecule has 1 aliphatic heterocycles. The second kappa shape index (κ2) is 7.12. The topological polar surface area (TPSA) is 71.3 Å². The van der Waals surface area contributed by atoms with Crippen LogP contribution in [0.3, 0.4) is 0 Å². The molecule has 2 aromatic rings. The van der Waals surface area contributed by atoms with E-state index in [1.165, 1.54) is 0 Å². The van der Waals surface area contributed by atoms with Crippen molar-refractivity contribution in [2.24, 2.45) is 0 Å². The van der Waals surface area contributed by atoms with Crippen LogP contribution in [0.2, 0.25) is 0 Å². The van der Waals surface area contributed by atoms with Crippen molar-refractivity contribution in [3.8, 4) is 0 Å². The second-order valence-electron chi connectivity index (χ2n) is 5.95. The molecule has 0 aromatic carbocycles. The molecule has 0 radical (unpaired) electrons. The molecule has 7 heteroatoms. The molecule has 1 saturated heterocycles. The van der Waals surface area contributed by atoms with Gasteiger partial charge in [0.2, 0.25) is 5.91 Å². The van der Waals surface area contributed by atoms with Gasteiger partial charge in [0.05, 0.1) is 5.69 Å². The Morgan fingerprint density at radius 2 is 2.22 bits per heavy atom. The van der Waals surface area contributed by atoms with Gasteiger partial charge < -0.3 is 14.7 Å². The quantitative estimate of drug-likeness (QED) is 0.909. The van der Waals surface area contributed by atoms with E-state index in [1.807, 2.05) is 25.4 Å². The first kappa shape index (κ1) is 16.0. The number of hydrogen-bond donors (Lipinski definition) is 1. The molecule has 0 atom stereocenters. The molecule has 1 aliphatic rings. The summed E-state index contributed by atoms with van der Waals surface area (Å²) >= 11 is 1.67. The highest BCUT2D eigenvalue weighted by Gasteiger charge is 2.22. The minimum Gasteiger partial charge on any atom is -0.361 e. The van der Waals surface area contributed by atoms with Crippen molar-refractivity contribution in [1.29, 1.82) is 0 Å². The van der Waals surface area contributed by atoms with Gasteiger partial charge in [-0.15, -0.1) is 11.3 Å². The first-order valence-corrected chi connectivity index (χ1v) is 8.87. The maximum atomic E-state index is 12.2. The second-order valence-corrected chi connectivity index (χ2v) is 6.82. The number of nitrogens with one attached hydrogen (secondary N) is 1. The van der Waals surface area contributed by atoms with Crippen LogP contribution in [0.4, 0.5) is 5.13 Å². The van der Waals surface area contributed by atoms with E-state index in [4.69, 9.17) is 4.52 Å². The van der Waals surface area contributed by atoms with E-state index in [0.29, 0.717) is 12.8 Å². The van der Waals surface area contributed by atoms with Crippen molar-refractivity contribution in [2.75, 3.05) is 18.0 Å². The SMILES string of the molecule is Cc1noc(C)c1CCC(=O)NC1CCN(c2nccs2)CC1. The molecule has 0 bridgehead atoms. The zero-order chi connectivity index (χ0) is 16.2. The van der Waals surface area contributed by atoms with E-state index in [-0.39, 0.29) is 11.9 Å². The number of carbonyl (C=O) groups excluding carboxylic acids is 1. The fourth-order valence-electron chi connectivity index (χ4n) is 2.98. The van der Waals surface area contributed by atoms with E-state index in [9.17, 15) is 4.79 Å². The largest absolute Gasteiger partial charge is 0.361 e. The van der Waals surface area contributed by atoms with Gasteiger partial charge in [0, 0.05) is 42.7 Å². The molecule has 2 aromatic heterocycles. The van der Waals surface area contributed by atoms with Gasteiger partial charge in [0.1, 0.15) is 5.76 Å². The monoisotopic (exact) mass is 334 g/mol. The molecular formula is C16H22N4O2S. The third-order valence-electron chi connectivity index (χ3n) is 4.33. The zero-order valence-electron chi connectivity index (χ0n) is 13.5. The highest BCUT2D eigenvalue weighted by atomic mass is 32.1. The number of hydrogen-bond acceptors (Lipinski definition) is 6. The third-order valence-corrected chi connectivity index (χ3v) is 5.17. The highest BCUT2D eigenvalue weighted by molar-refractivity contribution is 7.13. The fraction of sp³-hybridized carbons (Fsp3) is 0.562. The van der Waals surface area contributed by atoms with Gasteiger partial charge in [-0.05, 0) is 33.1 Å². The summed E-state index contributed by atoms with van der Waals surface area (Å²) < 4.78 is 5.13. The average Bonchev–Trinajstić information content (AvgIpc) is 3.17. The van der Waals surface area contributed by atoms with Crippen molar-refractivity contribution >= 4 is 22.4 Å². The molecule has 0 unspecified atom stereocenters. The molecular weight excluding hydrogens is 312 g/mol. The number of aromatic nitrogens is 2. The summed E-state index contributed by atoms with van der Waals surface area (Å²) in [5.74, 6) is 0.921. The van der Waals surface area contributed by atoms with Crippen LogP contribution in [-0.4, -0.2) is 35.2 Å². The van der Waals surface area contributed by atoms with Crippen LogP contribution in [0.15, 0.2) is 16.1 Å². The molecule has 1 fully saturated rings. The maximum absolute atomic E-state index is 12.2. The Morgan fingerprint density at radius 1 is 1.43 bits per heavy atom.